The van der Waals surface area contributed by atoms with E-state index in [2.05, 4.69) is 5.32 Å². The SMILES string of the molecule is O=[N+]([O-])c1cc(F)cc(CNC2COc3ccccc32)c1. The maximum Gasteiger partial charge on any atom is 0.272 e. The first-order valence-electron chi connectivity index (χ1n) is 6.52. The van der Waals surface area contributed by atoms with Crippen LogP contribution in [0.3, 0.4) is 0 Å². The molecule has 0 saturated carbocycles. The Hall–Kier alpha value is -2.47. The Kier molecular flexibility index (Phi) is 3.53. The van der Waals surface area contributed by atoms with E-state index in [1.807, 2.05) is 24.3 Å². The Morgan fingerprint density at radius 2 is 2.14 bits per heavy atom. The van der Waals surface area contributed by atoms with Crippen LogP contribution in [-0.2, 0) is 6.54 Å². The molecule has 1 N–H and O–H groups in total. The molecule has 0 fully saturated rings. The topological polar surface area (TPSA) is 64.4 Å². The Bertz CT molecular complexity index is 690. The third kappa shape index (κ3) is 2.85. The van der Waals surface area contributed by atoms with Crippen molar-refractivity contribution in [1.82, 2.24) is 5.32 Å². The summed E-state index contributed by atoms with van der Waals surface area (Å²) in [5.74, 6) is 0.226. The van der Waals surface area contributed by atoms with Crippen molar-refractivity contribution in [2.75, 3.05) is 6.61 Å². The number of nitrogens with one attached hydrogen (secondary N) is 1. The zero-order chi connectivity index (χ0) is 14.8. The van der Waals surface area contributed by atoms with Gasteiger partial charge in [0.1, 0.15) is 18.2 Å². The molecule has 0 amide bonds. The van der Waals surface area contributed by atoms with Crippen LogP contribution in [0, 0.1) is 15.9 Å². The summed E-state index contributed by atoms with van der Waals surface area (Å²) in [5.41, 5.74) is 1.34. The second kappa shape index (κ2) is 5.49. The minimum atomic E-state index is -0.607. The zero-order valence-corrected chi connectivity index (χ0v) is 11.1. The summed E-state index contributed by atoms with van der Waals surface area (Å²) in [4.78, 5) is 10.1. The first-order chi connectivity index (χ1) is 10.1. The molecule has 0 aromatic heterocycles. The lowest BCUT2D eigenvalue weighted by molar-refractivity contribution is -0.385. The predicted octanol–water partition coefficient (Wildman–Crippen LogP) is 2.96. The molecule has 1 aliphatic heterocycles. The minimum absolute atomic E-state index is 0.00326. The second-order valence-electron chi connectivity index (χ2n) is 4.86. The van der Waals surface area contributed by atoms with Gasteiger partial charge in [-0.3, -0.25) is 10.1 Å². The summed E-state index contributed by atoms with van der Waals surface area (Å²) in [6.07, 6.45) is 0. The van der Waals surface area contributed by atoms with E-state index in [-0.39, 0.29) is 11.7 Å². The minimum Gasteiger partial charge on any atom is -0.491 e. The van der Waals surface area contributed by atoms with Crippen LogP contribution in [0.25, 0.3) is 0 Å². The fraction of sp³-hybridized carbons (Fsp3) is 0.200. The van der Waals surface area contributed by atoms with Gasteiger partial charge in [0.2, 0.25) is 0 Å². The molecule has 0 bridgehead atoms. The number of rotatable bonds is 4. The second-order valence-corrected chi connectivity index (χ2v) is 4.86. The number of hydrogen-bond donors (Lipinski definition) is 1. The van der Waals surface area contributed by atoms with E-state index in [0.29, 0.717) is 18.7 Å². The molecule has 0 aliphatic carbocycles. The highest BCUT2D eigenvalue weighted by atomic mass is 19.1. The van der Waals surface area contributed by atoms with Gasteiger partial charge in [0, 0.05) is 18.2 Å². The van der Waals surface area contributed by atoms with Crippen LogP contribution in [0.1, 0.15) is 17.2 Å². The van der Waals surface area contributed by atoms with Crippen molar-refractivity contribution < 1.29 is 14.1 Å². The van der Waals surface area contributed by atoms with E-state index < -0.39 is 10.7 Å². The van der Waals surface area contributed by atoms with Crippen molar-refractivity contribution >= 4 is 5.69 Å². The maximum atomic E-state index is 13.4. The predicted molar refractivity (Wildman–Crippen MR) is 74.6 cm³/mol. The van der Waals surface area contributed by atoms with Crippen LogP contribution >= 0.6 is 0 Å². The van der Waals surface area contributed by atoms with Gasteiger partial charge in [0.05, 0.1) is 17.0 Å². The molecule has 1 atom stereocenters. The van der Waals surface area contributed by atoms with E-state index in [1.165, 1.54) is 12.1 Å². The molecule has 1 unspecified atom stereocenters. The number of nitro benzene ring substituents is 1. The van der Waals surface area contributed by atoms with E-state index in [0.717, 1.165) is 17.4 Å². The van der Waals surface area contributed by atoms with Gasteiger partial charge in [-0.1, -0.05) is 18.2 Å². The number of non-ortho nitro benzene ring substituents is 1. The third-order valence-electron chi connectivity index (χ3n) is 3.41. The van der Waals surface area contributed by atoms with Gasteiger partial charge in [-0.15, -0.1) is 0 Å². The molecule has 5 nitrogen and oxygen atoms in total. The number of fused-ring (bicyclic) bond motifs is 1. The molecule has 1 aliphatic rings. The van der Waals surface area contributed by atoms with Gasteiger partial charge in [-0.2, -0.15) is 0 Å². The quantitative estimate of drug-likeness (QED) is 0.694. The van der Waals surface area contributed by atoms with Crippen molar-refractivity contribution in [2.24, 2.45) is 0 Å². The lowest BCUT2D eigenvalue weighted by atomic mass is 10.1. The summed E-state index contributed by atoms with van der Waals surface area (Å²) < 4.78 is 18.9. The van der Waals surface area contributed by atoms with E-state index >= 15 is 0 Å². The van der Waals surface area contributed by atoms with Gasteiger partial charge in [0.25, 0.3) is 5.69 Å². The average Bonchev–Trinajstić information content (AvgIpc) is 2.88. The van der Waals surface area contributed by atoms with Gasteiger partial charge in [0.15, 0.2) is 0 Å². The van der Waals surface area contributed by atoms with Crippen molar-refractivity contribution in [3.05, 3.63) is 69.5 Å². The molecule has 2 aromatic carbocycles. The highest BCUT2D eigenvalue weighted by molar-refractivity contribution is 5.39. The largest absolute Gasteiger partial charge is 0.491 e. The fourth-order valence-electron chi connectivity index (χ4n) is 2.41. The normalized spacial score (nSPS) is 16.3. The number of halogens is 1. The average molecular weight is 288 g/mol. The summed E-state index contributed by atoms with van der Waals surface area (Å²) in [5, 5.41) is 14.0. The van der Waals surface area contributed by atoms with E-state index in [1.54, 1.807) is 0 Å². The highest BCUT2D eigenvalue weighted by Gasteiger charge is 2.23. The molecule has 0 radical (unpaired) electrons. The first-order valence-corrected chi connectivity index (χ1v) is 6.52. The first kappa shape index (κ1) is 13.5. The van der Waals surface area contributed by atoms with Gasteiger partial charge < -0.3 is 10.1 Å². The lowest BCUT2D eigenvalue weighted by Crippen LogP contribution is -2.22. The summed E-state index contributed by atoms with van der Waals surface area (Å²) in [6, 6.07) is 11.3. The van der Waals surface area contributed by atoms with Crippen LogP contribution in [0.5, 0.6) is 5.75 Å². The summed E-state index contributed by atoms with van der Waals surface area (Å²) in [7, 11) is 0. The third-order valence-corrected chi connectivity index (χ3v) is 3.41. The molecule has 3 rings (SSSR count). The van der Waals surface area contributed by atoms with E-state index in [4.69, 9.17) is 4.74 Å². The fourth-order valence-corrected chi connectivity index (χ4v) is 2.41. The molecular weight excluding hydrogens is 275 g/mol. The smallest absolute Gasteiger partial charge is 0.272 e. The van der Waals surface area contributed by atoms with Crippen LogP contribution in [0.4, 0.5) is 10.1 Å². The van der Waals surface area contributed by atoms with Crippen LogP contribution in [0.2, 0.25) is 0 Å². The number of nitro groups is 1. The van der Waals surface area contributed by atoms with Crippen molar-refractivity contribution in [3.8, 4) is 5.75 Å². The standard InChI is InChI=1S/C15H13FN2O3/c16-11-5-10(6-12(7-11)18(19)20)8-17-14-9-21-15-4-2-1-3-13(14)15/h1-7,14,17H,8-9H2. The molecular formula is C15H13FN2O3. The molecule has 1 heterocycles. The zero-order valence-electron chi connectivity index (χ0n) is 11.1. The summed E-state index contributed by atoms with van der Waals surface area (Å²) >= 11 is 0. The lowest BCUT2D eigenvalue weighted by Gasteiger charge is -2.11. The van der Waals surface area contributed by atoms with Crippen molar-refractivity contribution in [3.63, 3.8) is 0 Å². The Morgan fingerprint density at radius 3 is 2.95 bits per heavy atom. The van der Waals surface area contributed by atoms with Gasteiger partial charge >= 0.3 is 0 Å². The Morgan fingerprint density at radius 1 is 1.33 bits per heavy atom. The van der Waals surface area contributed by atoms with Crippen LogP contribution in [0.15, 0.2) is 42.5 Å². The number of nitrogens with zero attached hydrogens (tertiary/aromatic N) is 1. The Balaban J connectivity index is 1.73. The molecule has 0 saturated heterocycles. The molecule has 2 aromatic rings. The summed E-state index contributed by atoms with van der Waals surface area (Å²) in [6.45, 7) is 0.831. The Labute approximate surface area is 120 Å². The number of hydrogen-bond acceptors (Lipinski definition) is 4. The highest BCUT2D eigenvalue weighted by Crippen LogP contribution is 2.31. The molecule has 0 spiro atoms. The van der Waals surface area contributed by atoms with Crippen molar-refractivity contribution in [2.45, 2.75) is 12.6 Å². The number of benzene rings is 2. The number of para-hydroxylation sites is 1. The monoisotopic (exact) mass is 288 g/mol. The van der Waals surface area contributed by atoms with Crippen molar-refractivity contribution in [1.29, 1.82) is 0 Å². The number of ether oxygens (including phenoxy) is 1. The van der Waals surface area contributed by atoms with Gasteiger partial charge in [-0.05, 0) is 17.7 Å². The maximum absolute atomic E-state index is 13.4. The van der Waals surface area contributed by atoms with Crippen LogP contribution in [-0.4, -0.2) is 11.5 Å². The molecule has 21 heavy (non-hydrogen) atoms. The van der Waals surface area contributed by atoms with E-state index in [9.17, 15) is 14.5 Å². The molecule has 108 valence electrons. The van der Waals surface area contributed by atoms with Gasteiger partial charge in [-0.25, -0.2) is 4.39 Å². The molecule has 6 heteroatoms. The van der Waals surface area contributed by atoms with Crippen LogP contribution < -0.4 is 10.1 Å².